The van der Waals surface area contributed by atoms with Gasteiger partial charge in [-0.05, 0) is 19.9 Å². The molecule has 0 aliphatic carbocycles. The fraction of sp³-hybridized carbons (Fsp3) is 0.500. The molecule has 80 valence electrons. The van der Waals surface area contributed by atoms with Crippen LogP contribution in [0.2, 0.25) is 0 Å². The van der Waals surface area contributed by atoms with Crippen molar-refractivity contribution in [3.8, 4) is 0 Å². The largest absolute Gasteiger partial charge is 0.365 e. The second-order valence-electron chi connectivity index (χ2n) is 3.78. The number of amides is 1. The first-order chi connectivity index (χ1) is 7.18. The number of hydrogen-bond acceptors (Lipinski definition) is 4. The zero-order valence-corrected chi connectivity index (χ0v) is 8.66. The lowest BCUT2D eigenvalue weighted by Crippen LogP contribution is -2.16. The molecular formula is C10H14N4O. The van der Waals surface area contributed by atoms with Gasteiger partial charge >= 0.3 is 0 Å². The number of nitrogens with one attached hydrogen (secondary N) is 1. The van der Waals surface area contributed by atoms with Crippen LogP contribution in [0.15, 0.2) is 6.20 Å². The Morgan fingerprint density at radius 3 is 3.00 bits per heavy atom. The highest BCUT2D eigenvalue weighted by molar-refractivity contribution is 5.93. The highest BCUT2D eigenvalue weighted by atomic mass is 16.1. The predicted octanol–water partition coefficient (Wildman–Crippen LogP) is -0.0392. The molecule has 1 aromatic heterocycles. The quantitative estimate of drug-likeness (QED) is 0.711. The van der Waals surface area contributed by atoms with Crippen LogP contribution in [-0.2, 0) is 0 Å². The summed E-state index contributed by atoms with van der Waals surface area (Å²) in [7, 11) is 0. The predicted molar refractivity (Wildman–Crippen MR) is 55.5 cm³/mol. The molecule has 3 N–H and O–H groups in total. The SMILES string of the molecule is Cc1nc([C@H]2CCNC2)ncc1C(N)=O. The molecule has 0 bridgehead atoms. The lowest BCUT2D eigenvalue weighted by molar-refractivity contribution is 0.0999. The Morgan fingerprint density at radius 2 is 2.47 bits per heavy atom. The number of hydrogen-bond donors (Lipinski definition) is 2. The first kappa shape index (κ1) is 10.0. The van der Waals surface area contributed by atoms with E-state index in [1.54, 1.807) is 6.92 Å². The van der Waals surface area contributed by atoms with E-state index in [1.807, 2.05) is 0 Å². The first-order valence-electron chi connectivity index (χ1n) is 5.02. The Labute approximate surface area is 88.1 Å². The third-order valence-corrected chi connectivity index (χ3v) is 2.69. The van der Waals surface area contributed by atoms with Gasteiger partial charge in [-0.1, -0.05) is 0 Å². The molecule has 1 fully saturated rings. The number of carbonyl (C=O) groups is 1. The summed E-state index contributed by atoms with van der Waals surface area (Å²) in [6, 6.07) is 0. The van der Waals surface area contributed by atoms with E-state index in [4.69, 9.17) is 5.73 Å². The molecule has 0 unspecified atom stereocenters. The van der Waals surface area contributed by atoms with Crippen molar-refractivity contribution in [1.82, 2.24) is 15.3 Å². The summed E-state index contributed by atoms with van der Waals surface area (Å²) >= 11 is 0. The summed E-state index contributed by atoms with van der Waals surface area (Å²) in [5, 5.41) is 3.26. The monoisotopic (exact) mass is 206 g/mol. The van der Waals surface area contributed by atoms with Crippen LogP contribution in [0.1, 0.15) is 34.2 Å². The Balaban J connectivity index is 2.28. The van der Waals surface area contributed by atoms with Gasteiger partial charge in [0.2, 0.25) is 0 Å². The molecule has 1 aliphatic rings. The van der Waals surface area contributed by atoms with E-state index in [0.29, 0.717) is 17.2 Å². The number of aromatic nitrogens is 2. The number of nitrogens with zero attached hydrogens (tertiary/aromatic N) is 2. The van der Waals surface area contributed by atoms with Gasteiger partial charge in [-0.25, -0.2) is 9.97 Å². The second-order valence-corrected chi connectivity index (χ2v) is 3.78. The average Bonchev–Trinajstić information content (AvgIpc) is 2.69. The van der Waals surface area contributed by atoms with Gasteiger partial charge in [-0.3, -0.25) is 4.79 Å². The van der Waals surface area contributed by atoms with Crippen molar-refractivity contribution >= 4 is 5.91 Å². The van der Waals surface area contributed by atoms with Crippen LogP contribution in [0.25, 0.3) is 0 Å². The van der Waals surface area contributed by atoms with Crippen molar-refractivity contribution in [3.05, 3.63) is 23.3 Å². The summed E-state index contributed by atoms with van der Waals surface area (Å²) in [4.78, 5) is 19.5. The normalized spacial score (nSPS) is 20.5. The number of nitrogens with two attached hydrogens (primary N) is 1. The van der Waals surface area contributed by atoms with Crippen LogP contribution in [0, 0.1) is 6.92 Å². The molecule has 15 heavy (non-hydrogen) atoms. The molecule has 2 rings (SSSR count). The molecule has 5 nitrogen and oxygen atoms in total. The summed E-state index contributed by atoms with van der Waals surface area (Å²) in [6.07, 6.45) is 2.58. The maximum atomic E-state index is 11.0. The van der Waals surface area contributed by atoms with Crippen molar-refractivity contribution in [2.75, 3.05) is 13.1 Å². The van der Waals surface area contributed by atoms with Gasteiger partial charge in [0, 0.05) is 18.7 Å². The van der Waals surface area contributed by atoms with Crippen molar-refractivity contribution in [2.45, 2.75) is 19.3 Å². The first-order valence-corrected chi connectivity index (χ1v) is 5.02. The average molecular weight is 206 g/mol. The summed E-state index contributed by atoms with van der Waals surface area (Å²) in [5.41, 5.74) is 6.26. The minimum absolute atomic E-state index is 0.366. The van der Waals surface area contributed by atoms with Crippen LogP contribution >= 0.6 is 0 Å². The molecule has 1 aromatic rings. The van der Waals surface area contributed by atoms with Gasteiger partial charge in [0.15, 0.2) is 0 Å². The highest BCUT2D eigenvalue weighted by Gasteiger charge is 2.20. The van der Waals surface area contributed by atoms with Crippen LogP contribution < -0.4 is 11.1 Å². The topological polar surface area (TPSA) is 80.9 Å². The Hall–Kier alpha value is -1.49. The fourth-order valence-electron chi connectivity index (χ4n) is 1.80. The van der Waals surface area contributed by atoms with E-state index in [1.165, 1.54) is 6.20 Å². The van der Waals surface area contributed by atoms with Crippen molar-refractivity contribution in [1.29, 1.82) is 0 Å². The van der Waals surface area contributed by atoms with Crippen LogP contribution in [0.5, 0.6) is 0 Å². The summed E-state index contributed by atoms with van der Waals surface area (Å²) < 4.78 is 0. The molecule has 1 aliphatic heterocycles. The Kier molecular flexibility index (Phi) is 2.64. The zero-order valence-electron chi connectivity index (χ0n) is 8.66. The zero-order chi connectivity index (χ0) is 10.8. The fourth-order valence-corrected chi connectivity index (χ4v) is 1.80. The van der Waals surface area contributed by atoms with E-state index in [9.17, 15) is 4.79 Å². The van der Waals surface area contributed by atoms with E-state index in [0.717, 1.165) is 25.3 Å². The minimum Gasteiger partial charge on any atom is -0.365 e. The van der Waals surface area contributed by atoms with Crippen molar-refractivity contribution < 1.29 is 4.79 Å². The molecule has 0 radical (unpaired) electrons. The Bertz CT molecular complexity index is 385. The number of aryl methyl sites for hydroxylation is 1. The number of primary amides is 1. The Morgan fingerprint density at radius 1 is 1.67 bits per heavy atom. The van der Waals surface area contributed by atoms with Crippen LogP contribution in [0.4, 0.5) is 0 Å². The smallest absolute Gasteiger partial charge is 0.252 e. The van der Waals surface area contributed by atoms with Crippen molar-refractivity contribution in [3.63, 3.8) is 0 Å². The van der Waals surface area contributed by atoms with E-state index >= 15 is 0 Å². The minimum atomic E-state index is -0.469. The molecule has 1 amide bonds. The van der Waals surface area contributed by atoms with E-state index in [-0.39, 0.29) is 0 Å². The van der Waals surface area contributed by atoms with Gasteiger partial charge < -0.3 is 11.1 Å². The molecule has 1 saturated heterocycles. The molecule has 2 heterocycles. The second kappa shape index (κ2) is 3.94. The van der Waals surface area contributed by atoms with E-state index in [2.05, 4.69) is 15.3 Å². The standard InChI is InChI=1S/C10H14N4O/c1-6-8(9(11)15)5-13-10(14-6)7-2-3-12-4-7/h5,7,12H,2-4H2,1H3,(H2,11,15)/t7-/m0/s1. The van der Waals surface area contributed by atoms with Crippen molar-refractivity contribution in [2.24, 2.45) is 5.73 Å². The third-order valence-electron chi connectivity index (χ3n) is 2.69. The van der Waals surface area contributed by atoms with Gasteiger partial charge in [-0.15, -0.1) is 0 Å². The van der Waals surface area contributed by atoms with Crippen LogP contribution in [0.3, 0.4) is 0 Å². The third kappa shape index (κ3) is 1.97. The van der Waals surface area contributed by atoms with E-state index < -0.39 is 5.91 Å². The molecular weight excluding hydrogens is 192 g/mol. The molecule has 0 saturated carbocycles. The van der Waals surface area contributed by atoms with Gasteiger partial charge in [-0.2, -0.15) is 0 Å². The maximum Gasteiger partial charge on any atom is 0.252 e. The summed E-state index contributed by atoms with van der Waals surface area (Å²) in [5.74, 6) is 0.705. The maximum absolute atomic E-state index is 11.0. The van der Waals surface area contributed by atoms with Gasteiger partial charge in [0.25, 0.3) is 5.91 Å². The molecule has 0 spiro atoms. The van der Waals surface area contributed by atoms with Crippen LogP contribution in [-0.4, -0.2) is 29.0 Å². The number of carbonyl (C=O) groups excluding carboxylic acids is 1. The van der Waals surface area contributed by atoms with Gasteiger partial charge in [0.05, 0.1) is 11.3 Å². The lowest BCUT2D eigenvalue weighted by atomic mass is 10.1. The van der Waals surface area contributed by atoms with Gasteiger partial charge in [0.1, 0.15) is 5.82 Å². The highest BCUT2D eigenvalue weighted by Crippen LogP contribution is 2.19. The number of rotatable bonds is 2. The molecule has 5 heteroatoms. The molecule has 1 atom stereocenters. The lowest BCUT2D eigenvalue weighted by Gasteiger charge is -2.08. The molecule has 0 aromatic carbocycles. The summed E-state index contributed by atoms with van der Waals surface area (Å²) in [6.45, 7) is 3.70.